The first-order valence-electron chi connectivity index (χ1n) is 10.2. The largest absolute Gasteiger partial charge is 0.497 e. The highest BCUT2D eigenvalue weighted by molar-refractivity contribution is 6.04. The van der Waals surface area contributed by atoms with Crippen LogP contribution in [-0.4, -0.2) is 25.6 Å². The van der Waals surface area contributed by atoms with E-state index in [1.54, 1.807) is 55.6 Å². The van der Waals surface area contributed by atoms with Gasteiger partial charge in [-0.1, -0.05) is 32.9 Å². The second-order valence-corrected chi connectivity index (χ2v) is 8.24. The fourth-order valence-corrected chi connectivity index (χ4v) is 2.91. The third kappa shape index (κ3) is 6.35. The van der Waals surface area contributed by atoms with Gasteiger partial charge in [-0.25, -0.2) is 4.79 Å². The smallest absolute Gasteiger partial charge is 0.349 e. The molecule has 0 spiro atoms. The molecule has 0 aliphatic heterocycles. The Morgan fingerprint density at radius 1 is 0.781 bits per heavy atom. The van der Waals surface area contributed by atoms with Gasteiger partial charge in [0, 0.05) is 11.3 Å². The molecule has 1 amide bonds. The van der Waals surface area contributed by atoms with Crippen LogP contribution in [0.4, 0.5) is 5.69 Å². The van der Waals surface area contributed by atoms with E-state index in [9.17, 15) is 9.59 Å². The number of anilines is 1. The van der Waals surface area contributed by atoms with Gasteiger partial charge in [0.1, 0.15) is 17.2 Å². The SMILES string of the molecule is COc1ccc(NC(=O)c2ccc(OC(=O)COc3ccc(C(C)(C)C)cc3)cc2)cc1. The minimum absolute atomic E-state index is 0.0508. The van der Waals surface area contributed by atoms with E-state index < -0.39 is 5.97 Å². The lowest BCUT2D eigenvalue weighted by Crippen LogP contribution is -2.18. The Morgan fingerprint density at radius 2 is 1.34 bits per heavy atom. The van der Waals surface area contributed by atoms with Gasteiger partial charge in [0.25, 0.3) is 5.91 Å². The number of hydrogen-bond acceptors (Lipinski definition) is 5. The molecule has 0 bridgehead atoms. The fourth-order valence-electron chi connectivity index (χ4n) is 2.91. The summed E-state index contributed by atoms with van der Waals surface area (Å²) in [5.74, 6) is 0.846. The summed E-state index contributed by atoms with van der Waals surface area (Å²) in [4.78, 5) is 24.5. The molecule has 0 unspecified atom stereocenters. The van der Waals surface area contributed by atoms with Crippen LogP contribution < -0.4 is 19.5 Å². The summed E-state index contributed by atoms with van der Waals surface area (Å²) in [5.41, 5.74) is 2.33. The zero-order chi connectivity index (χ0) is 23.1. The van der Waals surface area contributed by atoms with Crippen LogP contribution in [0.2, 0.25) is 0 Å². The number of methoxy groups -OCH3 is 1. The Labute approximate surface area is 188 Å². The van der Waals surface area contributed by atoms with Gasteiger partial charge in [0.05, 0.1) is 7.11 Å². The predicted octanol–water partition coefficient (Wildman–Crippen LogP) is 5.23. The van der Waals surface area contributed by atoms with Crippen molar-refractivity contribution in [1.29, 1.82) is 0 Å². The third-order valence-corrected chi connectivity index (χ3v) is 4.77. The lowest BCUT2D eigenvalue weighted by atomic mass is 9.87. The molecule has 1 N–H and O–H groups in total. The molecule has 3 aromatic rings. The van der Waals surface area contributed by atoms with Gasteiger partial charge in [-0.3, -0.25) is 4.79 Å². The monoisotopic (exact) mass is 433 g/mol. The van der Waals surface area contributed by atoms with Crippen molar-refractivity contribution in [2.45, 2.75) is 26.2 Å². The normalized spacial score (nSPS) is 10.9. The van der Waals surface area contributed by atoms with E-state index in [1.807, 2.05) is 24.3 Å². The van der Waals surface area contributed by atoms with Crippen molar-refractivity contribution in [2.24, 2.45) is 0 Å². The summed E-state index contributed by atoms with van der Waals surface area (Å²) in [7, 11) is 1.58. The maximum atomic E-state index is 12.4. The highest BCUT2D eigenvalue weighted by atomic mass is 16.6. The van der Waals surface area contributed by atoms with Crippen molar-refractivity contribution in [2.75, 3.05) is 19.0 Å². The van der Waals surface area contributed by atoms with E-state index in [-0.39, 0.29) is 17.9 Å². The molecule has 0 saturated heterocycles. The molecule has 6 heteroatoms. The van der Waals surface area contributed by atoms with Gasteiger partial charge < -0.3 is 19.5 Å². The number of rotatable bonds is 7. The zero-order valence-corrected chi connectivity index (χ0v) is 18.7. The highest BCUT2D eigenvalue weighted by Gasteiger charge is 2.14. The second kappa shape index (κ2) is 10.0. The summed E-state index contributed by atoms with van der Waals surface area (Å²) in [6.45, 7) is 6.19. The van der Waals surface area contributed by atoms with Gasteiger partial charge in [0.15, 0.2) is 6.61 Å². The molecular weight excluding hydrogens is 406 g/mol. The Balaban J connectivity index is 1.50. The first kappa shape index (κ1) is 22.9. The molecule has 166 valence electrons. The predicted molar refractivity (Wildman–Crippen MR) is 124 cm³/mol. The molecule has 3 aromatic carbocycles. The minimum Gasteiger partial charge on any atom is -0.497 e. The number of carbonyl (C=O) groups excluding carboxylic acids is 2. The fraction of sp³-hybridized carbons (Fsp3) is 0.231. The second-order valence-electron chi connectivity index (χ2n) is 8.24. The van der Waals surface area contributed by atoms with Crippen LogP contribution in [0.1, 0.15) is 36.7 Å². The molecule has 0 fully saturated rings. The maximum absolute atomic E-state index is 12.4. The molecule has 6 nitrogen and oxygen atoms in total. The van der Waals surface area contributed by atoms with Gasteiger partial charge in [-0.05, 0) is 71.6 Å². The summed E-state index contributed by atoms with van der Waals surface area (Å²) in [6.07, 6.45) is 0. The van der Waals surface area contributed by atoms with Crippen molar-refractivity contribution in [3.05, 3.63) is 83.9 Å². The van der Waals surface area contributed by atoms with Crippen LogP contribution in [-0.2, 0) is 10.2 Å². The number of esters is 1. The van der Waals surface area contributed by atoms with Crippen LogP contribution in [0, 0.1) is 0 Å². The lowest BCUT2D eigenvalue weighted by molar-refractivity contribution is -0.136. The third-order valence-electron chi connectivity index (χ3n) is 4.77. The van der Waals surface area contributed by atoms with E-state index in [1.165, 1.54) is 5.56 Å². The highest BCUT2D eigenvalue weighted by Crippen LogP contribution is 2.24. The standard InChI is InChI=1S/C26H27NO5/c1-26(2,3)19-7-13-22(14-8-19)31-17-24(28)32-23-11-5-18(6-12-23)25(29)27-20-9-15-21(30-4)16-10-20/h5-16H,17H2,1-4H3,(H,27,29). The van der Waals surface area contributed by atoms with Crippen molar-refractivity contribution < 1.29 is 23.8 Å². The summed E-state index contributed by atoms with van der Waals surface area (Å²) in [6, 6.07) is 21.0. The molecule has 0 aliphatic rings. The van der Waals surface area contributed by atoms with E-state index in [0.29, 0.717) is 28.5 Å². The van der Waals surface area contributed by atoms with Gasteiger partial charge >= 0.3 is 5.97 Å². The molecule has 0 radical (unpaired) electrons. The first-order valence-corrected chi connectivity index (χ1v) is 10.2. The van der Waals surface area contributed by atoms with Crippen LogP contribution in [0.25, 0.3) is 0 Å². The molecule has 0 atom stereocenters. The maximum Gasteiger partial charge on any atom is 0.349 e. The number of amides is 1. The van der Waals surface area contributed by atoms with Crippen molar-refractivity contribution >= 4 is 17.6 Å². The number of ether oxygens (including phenoxy) is 3. The topological polar surface area (TPSA) is 73.9 Å². The molecule has 32 heavy (non-hydrogen) atoms. The number of nitrogens with one attached hydrogen (secondary N) is 1. The summed E-state index contributed by atoms with van der Waals surface area (Å²) in [5, 5.41) is 2.80. The Hall–Kier alpha value is -3.80. The quantitative estimate of drug-likeness (QED) is 0.408. The lowest BCUT2D eigenvalue weighted by Gasteiger charge is -2.19. The van der Waals surface area contributed by atoms with Crippen LogP contribution >= 0.6 is 0 Å². The Bertz CT molecular complexity index is 1050. The molecular formula is C26H27NO5. The Kier molecular flexibility index (Phi) is 7.15. The molecule has 3 rings (SSSR count). The van der Waals surface area contributed by atoms with E-state index in [4.69, 9.17) is 14.2 Å². The molecule has 0 heterocycles. The van der Waals surface area contributed by atoms with Crippen molar-refractivity contribution in [3.8, 4) is 17.2 Å². The first-order chi connectivity index (χ1) is 15.2. The van der Waals surface area contributed by atoms with Gasteiger partial charge in [-0.2, -0.15) is 0 Å². The minimum atomic E-state index is -0.527. The van der Waals surface area contributed by atoms with E-state index >= 15 is 0 Å². The zero-order valence-electron chi connectivity index (χ0n) is 18.7. The van der Waals surface area contributed by atoms with Crippen molar-refractivity contribution in [1.82, 2.24) is 0 Å². The van der Waals surface area contributed by atoms with Crippen molar-refractivity contribution in [3.63, 3.8) is 0 Å². The number of carbonyl (C=O) groups is 2. The average Bonchev–Trinajstić information content (AvgIpc) is 2.78. The van der Waals surface area contributed by atoms with E-state index in [0.717, 1.165) is 0 Å². The van der Waals surface area contributed by atoms with Gasteiger partial charge in [-0.15, -0.1) is 0 Å². The van der Waals surface area contributed by atoms with E-state index in [2.05, 4.69) is 26.1 Å². The number of hydrogen-bond donors (Lipinski definition) is 1. The summed E-state index contributed by atoms with van der Waals surface area (Å²) >= 11 is 0. The number of benzene rings is 3. The average molecular weight is 434 g/mol. The molecule has 0 saturated carbocycles. The molecule has 0 aromatic heterocycles. The van der Waals surface area contributed by atoms with Gasteiger partial charge in [0.2, 0.25) is 0 Å². The van der Waals surface area contributed by atoms with Crippen LogP contribution in [0.3, 0.4) is 0 Å². The van der Waals surface area contributed by atoms with Crippen LogP contribution in [0.15, 0.2) is 72.8 Å². The van der Waals surface area contributed by atoms with Crippen LogP contribution in [0.5, 0.6) is 17.2 Å². The molecule has 0 aliphatic carbocycles. The summed E-state index contributed by atoms with van der Waals surface area (Å²) < 4.78 is 15.9. The Morgan fingerprint density at radius 3 is 1.91 bits per heavy atom.